The van der Waals surface area contributed by atoms with Gasteiger partial charge in [-0.15, -0.1) is 0 Å². The first-order valence-corrected chi connectivity index (χ1v) is 6.53. The third-order valence-corrected chi connectivity index (χ3v) is 2.94. The molecule has 1 N–H and O–H groups in total. The van der Waals surface area contributed by atoms with E-state index in [1.165, 1.54) is 13.8 Å². The molecule has 26 heavy (non-hydrogen) atoms. The van der Waals surface area contributed by atoms with Crippen LogP contribution in [0.2, 0.25) is 0 Å². The van der Waals surface area contributed by atoms with E-state index in [4.69, 9.17) is 5.11 Å². The lowest BCUT2D eigenvalue weighted by Crippen LogP contribution is -2.52. The zero-order chi connectivity index (χ0) is 21.8. The average Bonchev–Trinajstić information content (AvgIpc) is 2.41. The highest BCUT2D eigenvalue weighted by Crippen LogP contribution is 2.43. The standard InChI is InChI=1S/C9H14F4O2.C3HF7O/c1-4-8(2,3)7(14)15-6(5-10)9(11,12)13;4-1(11,2(5,6)7)3(8,9)10/h6H,4-5H2,1-3H3;11H. The van der Waals surface area contributed by atoms with Crippen LogP contribution in [0.4, 0.5) is 48.3 Å². The van der Waals surface area contributed by atoms with Crippen LogP contribution in [0.1, 0.15) is 27.2 Å². The van der Waals surface area contributed by atoms with Gasteiger partial charge in [-0.05, 0) is 20.3 Å². The lowest BCUT2D eigenvalue weighted by atomic mass is 9.90. The van der Waals surface area contributed by atoms with E-state index < -0.39 is 48.5 Å². The SMILES string of the molecule is CCC(C)(C)C(=O)OC(CF)C(F)(F)F.OC(F)(C(F)(F)F)C(F)(F)F. The average molecular weight is 416 g/mol. The van der Waals surface area contributed by atoms with E-state index in [0.29, 0.717) is 6.42 Å². The molecule has 0 aliphatic carbocycles. The minimum atomic E-state index is -6.36. The van der Waals surface area contributed by atoms with E-state index in [0.717, 1.165) is 0 Å². The molecule has 0 aromatic rings. The molecular weight excluding hydrogens is 401 g/mol. The van der Waals surface area contributed by atoms with Crippen molar-refractivity contribution in [1.82, 2.24) is 0 Å². The molecule has 0 rings (SSSR count). The van der Waals surface area contributed by atoms with E-state index in [-0.39, 0.29) is 0 Å². The van der Waals surface area contributed by atoms with Crippen molar-refractivity contribution in [1.29, 1.82) is 0 Å². The Morgan fingerprint density at radius 1 is 0.923 bits per heavy atom. The van der Waals surface area contributed by atoms with Gasteiger partial charge in [0.15, 0.2) is 0 Å². The van der Waals surface area contributed by atoms with E-state index in [1.54, 1.807) is 6.92 Å². The molecule has 1 unspecified atom stereocenters. The molecule has 0 bridgehead atoms. The van der Waals surface area contributed by atoms with Crippen LogP contribution in [-0.2, 0) is 9.53 Å². The molecule has 158 valence electrons. The topological polar surface area (TPSA) is 46.5 Å². The fraction of sp³-hybridized carbons (Fsp3) is 0.917. The lowest BCUT2D eigenvalue weighted by molar-refractivity contribution is -0.417. The zero-order valence-corrected chi connectivity index (χ0v) is 13.4. The first kappa shape index (κ1) is 26.9. The number of aliphatic hydroxyl groups is 1. The second-order valence-corrected chi connectivity index (χ2v) is 5.44. The first-order chi connectivity index (χ1) is 11.1. The molecule has 0 fully saturated rings. The summed E-state index contributed by atoms with van der Waals surface area (Å²) in [6.45, 7) is 2.77. The smallest absolute Gasteiger partial charge is 0.449 e. The highest BCUT2D eigenvalue weighted by atomic mass is 19.4. The van der Waals surface area contributed by atoms with Gasteiger partial charge >= 0.3 is 30.4 Å². The van der Waals surface area contributed by atoms with Crippen molar-refractivity contribution in [2.24, 2.45) is 5.41 Å². The summed E-state index contributed by atoms with van der Waals surface area (Å²) in [5.74, 6) is -7.16. The van der Waals surface area contributed by atoms with Gasteiger partial charge in [0.05, 0.1) is 5.41 Å². The van der Waals surface area contributed by atoms with Crippen molar-refractivity contribution in [3.05, 3.63) is 0 Å². The number of alkyl halides is 11. The molecule has 0 aliphatic heterocycles. The highest BCUT2D eigenvalue weighted by molar-refractivity contribution is 5.76. The second kappa shape index (κ2) is 8.57. The van der Waals surface area contributed by atoms with Crippen molar-refractivity contribution >= 4 is 5.97 Å². The molecule has 0 radical (unpaired) electrons. The first-order valence-electron chi connectivity index (χ1n) is 6.53. The summed E-state index contributed by atoms with van der Waals surface area (Å²) >= 11 is 0. The second-order valence-electron chi connectivity index (χ2n) is 5.44. The third-order valence-electron chi connectivity index (χ3n) is 2.94. The summed E-state index contributed by atoms with van der Waals surface area (Å²) in [6, 6.07) is 0. The van der Waals surface area contributed by atoms with Gasteiger partial charge in [-0.3, -0.25) is 4.79 Å². The minimum Gasteiger partial charge on any atom is -0.449 e. The largest absolute Gasteiger partial charge is 0.458 e. The van der Waals surface area contributed by atoms with Crippen LogP contribution in [0.25, 0.3) is 0 Å². The molecule has 0 saturated heterocycles. The normalized spacial score (nSPS) is 15.0. The highest BCUT2D eigenvalue weighted by Gasteiger charge is 2.72. The lowest BCUT2D eigenvalue weighted by Gasteiger charge is -2.25. The van der Waals surface area contributed by atoms with Crippen LogP contribution in [0.15, 0.2) is 0 Å². The van der Waals surface area contributed by atoms with E-state index >= 15 is 0 Å². The Hall–Kier alpha value is -1.34. The Labute approximate surface area is 140 Å². The van der Waals surface area contributed by atoms with Gasteiger partial charge in [-0.1, -0.05) is 6.92 Å². The molecule has 3 nitrogen and oxygen atoms in total. The molecule has 0 spiro atoms. The monoisotopic (exact) mass is 416 g/mol. The van der Waals surface area contributed by atoms with Crippen LogP contribution >= 0.6 is 0 Å². The van der Waals surface area contributed by atoms with Gasteiger partial charge in [0.25, 0.3) is 0 Å². The van der Waals surface area contributed by atoms with Crippen LogP contribution < -0.4 is 0 Å². The third kappa shape index (κ3) is 7.50. The molecule has 0 aromatic carbocycles. The Morgan fingerprint density at radius 2 is 1.27 bits per heavy atom. The van der Waals surface area contributed by atoms with E-state index in [2.05, 4.69) is 4.74 Å². The molecule has 0 saturated carbocycles. The van der Waals surface area contributed by atoms with Gasteiger partial charge in [0.1, 0.15) is 6.67 Å². The number of carbonyl (C=O) groups is 1. The van der Waals surface area contributed by atoms with Crippen molar-refractivity contribution in [3.8, 4) is 0 Å². The molecule has 0 amide bonds. The van der Waals surface area contributed by atoms with Gasteiger partial charge in [0, 0.05) is 0 Å². The van der Waals surface area contributed by atoms with Gasteiger partial charge in [0.2, 0.25) is 6.10 Å². The Bertz CT molecular complexity index is 433. The number of carbonyl (C=O) groups excluding carboxylic acids is 1. The van der Waals surface area contributed by atoms with E-state index in [1.807, 2.05) is 0 Å². The minimum absolute atomic E-state index is 0.322. The summed E-state index contributed by atoms with van der Waals surface area (Å²) < 4.78 is 130. The van der Waals surface area contributed by atoms with Crippen LogP contribution in [-0.4, -0.2) is 48.2 Å². The summed E-state index contributed by atoms with van der Waals surface area (Å²) in [6.07, 6.45) is -19.9. The van der Waals surface area contributed by atoms with Crippen molar-refractivity contribution in [3.63, 3.8) is 0 Å². The van der Waals surface area contributed by atoms with Crippen LogP contribution in [0, 0.1) is 5.41 Å². The van der Waals surface area contributed by atoms with Crippen LogP contribution in [0.3, 0.4) is 0 Å². The number of hydrogen-bond acceptors (Lipinski definition) is 3. The fourth-order valence-electron chi connectivity index (χ4n) is 0.780. The predicted molar refractivity (Wildman–Crippen MR) is 64.1 cm³/mol. The maximum Gasteiger partial charge on any atom is 0.458 e. The number of esters is 1. The predicted octanol–water partition coefficient (Wildman–Crippen LogP) is 4.64. The maximum absolute atomic E-state index is 12.1. The maximum atomic E-state index is 12.1. The molecule has 0 aliphatic rings. The number of ether oxygens (including phenoxy) is 1. The quantitative estimate of drug-likeness (QED) is 0.537. The van der Waals surface area contributed by atoms with Gasteiger partial charge < -0.3 is 9.84 Å². The number of halogens is 11. The summed E-state index contributed by atoms with van der Waals surface area (Å²) in [4.78, 5) is 11.2. The molecule has 1 atom stereocenters. The Balaban J connectivity index is 0. The molecule has 0 heterocycles. The summed E-state index contributed by atoms with van der Waals surface area (Å²) in [5.41, 5.74) is -1.03. The van der Waals surface area contributed by atoms with E-state index in [9.17, 15) is 53.1 Å². The number of hydrogen-bond donors (Lipinski definition) is 1. The van der Waals surface area contributed by atoms with Crippen LogP contribution in [0.5, 0.6) is 0 Å². The summed E-state index contributed by atoms with van der Waals surface area (Å²) in [5, 5.41) is 7.27. The van der Waals surface area contributed by atoms with Gasteiger partial charge in [-0.25, -0.2) is 4.39 Å². The molecule has 0 aromatic heterocycles. The van der Waals surface area contributed by atoms with Crippen molar-refractivity contribution < 1.29 is 62.9 Å². The van der Waals surface area contributed by atoms with Crippen molar-refractivity contribution in [2.75, 3.05) is 6.67 Å². The van der Waals surface area contributed by atoms with Gasteiger partial charge in [-0.2, -0.15) is 43.9 Å². The Kier molecular flexibility index (Phi) is 8.86. The molecular formula is C12H15F11O3. The fourth-order valence-corrected chi connectivity index (χ4v) is 0.780. The zero-order valence-electron chi connectivity index (χ0n) is 13.4. The van der Waals surface area contributed by atoms with Crippen molar-refractivity contribution in [2.45, 2.75) is 57.7 Å². The number of rotatable bonds is 4. The summed E-state index contributed by atoms with van der Waals surface area (Å²) in [7, 11) is 0. The Morgan fingerprint density at radius 3 is 1.42 bits per heavy atom. The molecule has 14 heteroatoms.